The van der Waals surface area contributed by atoms with Crippen molar-refractivity contribution in [2.45, 2.75) is 6.54 Å². The van der Waals surface area contributed by atoms with Gasteiger partial charge in [-0.15, -0.1) is 0 Å². The quantitative estimate of drug-likeness (QED) is 0.776. The van der Waals surface area contributed by atoms with Crippen LogP contribution in [0.2, 0.25) is 0 Å². The molecule has 1 aromatic carbocycles. The van der Waals surface area contributed by atoms with Gasteiger partial charge < -0.3 is 9.67 Å². The van der Waals surface area contributed by atoms with Crippen molar-refractivity contribution < 1.29 is 9.90 Å². The molecule has 2 heterocycles. The number of aromatic carboxylic acids is 1. The van der Waals surface area contributed by atoms with Crippen molar-refractivity contribution in [2.75, 3.05) is 0 Å². The van der Waals surface area contributed by atoms with Gasteiger partial charge in [-0.25, -0.2) is 9.31 Å². The summed E-state index contributed by atoms with van der Waals surface area (Å²) in [5.74, 6) is -0.964. The minimum Gasteiger partial charge on any atom is -0.478 e. The third kappa shape index (κ3) is 2.07. The van der Waals surface area contributed by atoms with Crippen molar-refractivity contribution >= 4 is 11.5 Å². The Labute approximate surface area is 113 Å². The largest absolute Gasteiger partial charge is 0.478 e. The van der Waals surface area contributed by atoms with Crippen LogP contribution in [0.15, 0.2) is 53.7 Å². The lowest BCUT2D eigenvalue weighted by Crippen LogP contribution is -2.21. The van der Waals surface area contributed by atoms with Crippen molar-refractivity contribution in [1.82, 2.24) is 14.2 Å². The van der Waals surface area contributed by atoms with Gasteiger partial charge in [0.25, 0.3) is 5.56 Å². The highest BCUT2D eigenvalue weighted by atomic mass is 16.4. The average molecular weight is 269 g/mol. The molecule has 6 nitrogen and oxygen atoms in total. The lowest BCUT2D eigenvalue weighted by molar-refractivity contribution is 0.0697. The van der Waals surface area contributed by atoms with Crippen LogP contribution in [0.1, 0.15) is 15.9 Å². The molecule has 0 radical (unpaired) electrons. The Morgan fingerprint density at radius 1 is 1.15 bits per heavy atom. The van der Waals surface area contributed by atoms with E-state index < -0.39 is 5.97 Å². The number of benzene rings is 1. The Bertz CT molecular complexity index is 831. The van der Waals surface area contributed by atoms with Crippen LogP contribution >= 0.6 is 0 Å². The monoisotopic (exact) mass is 269 g/mol. The van der Waals surface area contributed by atoms with Crippen LogP contribution in [-0.2, 0) is 6.54 Å². The van der Waals surface area contributed by atoms with E-state index in [4.69, 9.17) is 5.11 Å². The molecular weight excluding hydrogens is 258 g/mol. The van der Waals surface area contributed by atoms with E-state index in [1.807, 2.05) is 0 Å². The maximum absolute atomic E-state index is 12.2. The average Bonchev–Trinajstić information content (AvgIpc) is 2.92. The summed E-state index contributed by atoms with van der Waals surface area (Å²) in [5.41, 5.74) is 1.47. The van der Waals surface area contributed by atoms with E-state index in [9.17, 15) is 9.59 Å². The summed E-state index contributed by atoms with van der Waals surface area (Å²) in [5, 5.41) is 12.8. The predicted molar refractivity (Wildman–Crippen MR) is 72.0 cm³/mol. The minimum absolute atomic E-state index is 0.132. The molecule has 0 bridgehead atoms. The highest BCUT2D eigenvalue weighted by molar-refractivity contribution is 5.87. The molecule has 20 heavy (non-hydrogen) atoms. The molecule has 0 fully saturated rings. The fourth-order valence-electron chi connectivity index (χ4n) is 2.03. The molecule has 2 aromatic heterocycles. The lowest BCUT2D eigenvalue weighted by Gasteiger charge is -2.06. The second kappa shape index (κ2) is 4.65. The van der Waals surface area contributed by atoms with Gasteiger partial charge in [-0.2, -0.15) is 5.10 Å². The third-order valence-electron chi connectivity index (χ3n) is 3.09. The number of carboxylic acid groups (broad SMARTS) is 1. The maximum Gasteiger partial charge on any atom is 0.335 e. The second-order valence-corrected chi connectivity index (χ2v) is 4.39. The normalized spacial score (nSPS) is 10.8. The van der Waals surface area contributed by atoms with Gasteiger partial charge >= 0.3 is 5.97 Å². The van der Waals surface area contributed by atoms with Gasteiger partial charge in [0, 0.05) is 12.4 Å². The van der Waals surface area contributed by atoms with Crippen molar-refractivity contribution in [1.29, 1.82) is 0 Å². The van der Waals surface area contributed by atoms with Crippen LogP contribution < -0.4 is 5.56 Å². The summed E-state index contributed by atoms with van der Waals surface area (Å²) >= 11 is 0. The summed E-state index contributed by atoms with van der Waals surface area (Å²) in [6, 6.07) is 8.12. The Balaban J connectivity index is 1.94. The van der Waals surface area contributed by atoms with Crippen molar-refractivity contribution in [3.05, 3.63) is 70.4 Å². The maximum atomic E-state index is 12.2. The van der Waals surface area contributed by atoms with E-state index >= 15 is 0 Å². The van der Waals surface area contributed by atoms with Crippen LogP contribution in [0.3, 0.4) is 0 Å². The molecule has 0 saturated heterocycles. The standard InChI is InChI=1S/C14H11N3O3/c18-13-12-5-6-15-17(12)8-7-16(13)9-10-1-3-11(4-2-10)14(19)20/h1-8H,9H2,(H,19,20). The van der Waals surface area contributed by atoms with Gasteiger partial charge in [-0.05, 0) is 23.8 Å². The van der Waals surface area contributed by atoms with Crippen LogP contribution in [0.25, 0.3) is 5.52 Å². The Kier molecular flexibility index (Phi) is 2.83. The van der Waals surface area contributed by atoms with Crippen molar-refractivity contribution in [2.24, 2.45) is 0 Å². The molecule has 3 aromatic rings. The molecule has 3 rings (SSSR count). The van der Waals surface area contributed by atoms with E-state index in [-0.39, 0.29) is 11.1 Å². The van der Waals surface area contributed by atoms with Crippen LogP contribution in [-0.4, -0.2) is 25.3 Å². The van der Waals surface area contributed by atoms with E-state index in [0.29, 0.717) is 12.1 Å². The van der Waals surface area contributed by atoms with Gasteiger partial charge in [0.15, 0.2) is 0 Å². The van der Waals surface area contributed by atoms with Gasteiger partial charge in [-0.1, -0.05) is 12.1 Å². The molecule has 0 unspecified atom stereocenters. The number of hydrogen-bond donors (Lipinski definition) is 1. The number of fused-ring (bicyclic) bond motifs is 1. The first kappa shape index (κ1) is 12.2. The van der Waals surface area contributed by atoms with Crippen molar-refractivity contribution in [3.8, 4) is 0 Å². The second-order valence-electron chi connectivity index (χ2n) is 4.39. The van der Waals surface area contributed by atoms with E-state index in [1.165, 1.54) is 16.6 Å². The topological polar surface area (TPSA) is 76.6 Å². The molecule has 0 saturated carbocycles. The number of nitrogens with zero attached hydrogens (tertiary/aromatic N) is 3. The van der Waals surface area contributed by atoms with Gasteiger partial charge in [-0.3, -0.25) is 4.79 Å². The Morgan fingerprint density at radius 2 is 1.90 bits per heavy atom. The van der Waals surface area contributed by atoms with E-state index in [0.717, 1.165) is 5.56 Å². The summed E-state index contributed by atoms with van der Waals surface area (Å²) in [6.45, 7) is 0.389. The minimum atomic E-state index is -0.964. The van der Waals surface area contributed by atoms with Gasteiger partial charge in [0.05, 0.1) is 18.3 Å². The molecule has 1 N–H and O–H groups in total. The highest BCUT2D eigenvalue weighted by Crippen LogP contribution is 2.06. The fraction of sp³-hybridized carbons (Fsp3) is 0.0714. The van der Waals surface area contributed by atoms with Crippen LogP contribution in [0, 0.1) is 0 Å². The summed E-state index contributed by atoms with van der Waals surface area (Å²) in [6.07, 6.45) is 4.94. The first-order valence-electron chi connectivity index (χ1n) is 6.00. The third-order valence-corrected chi connectivity index (χ3v) is 3.09. The van der Waals surface area contributed by atoms with Crippen LogP contribution in [0.4, 0.5) is 0 Å². The molecular formula is C14H11N3O3. The van der Waals surface area contributed by atoms with E-state index in [2.05, 4.69) is 5.10 Å². The molecule has 0 aliphatic heterocycles. The number of carbonyl (C=O) groups is 1. The first-order valence-corrected chi connectivity index (χ1v) is 6.00. The zero-order valence-electron chi connectivity index (χ0n) is 10.4. The first-order chi connectivity index (χ1) is 9.65. The molecule has 0 amide bonds. The SMILES string of the molecule is O=C(O)c1ccc(Cn2ccn3nccc3c2=O)cc1. The zero-order valence-corrected chi connectivity index (χ0v) is 10.4. The van der Waals surface area contributed by atoms with Gasteiger partial charge in [0.1, 0.15) is 5.52 Å². The number of rotatable bonds is 3. The number of carboxylic acids is 1. The van der Waals surface area contributed by atoms with Crippen molar-refractivity contribution in [3.63, 3.8) is 0 Å². The Morgan fingerprint density at radius 3 is 2.60 bits per heavy atom. The molecule has 0 atom stereocenters. The fourth-order valence-corrected chi connectivity index (χ4v) is 2.03. The molecule has 100 valence electrons. The molecule has 0 spiro atoms. The zero-order chi connectivity index (χ0) is 14.1. The molecule has 6 heteroatoms. The number of hydrogen-bond acceptors (Lipinski definition) is 3. The smallest absolute Gasteiger partial charge is 0.335 e. The lowest BCUT2D eigenvalue weighted by atomic mass is 10.1. The highest BCUT2D eigenvalue weighted by Gasteiger charge is 2.05. The summed E-state index contributed by atoms with van der Waals surface area (Å²) in [4.78, 5) is 23.0. The summed E-state index contributed by atoms with van der Waals surface area (Å²) in [7, 11) is 0. The molecule has 0 aliphatic rings. The summed E-state index contributed by atoms with van der Waals surface area (Å²) < 4.78 is 3.08. The molecule has 0 aliphatic carbocycles. The van der Waals surface area contributed by atoms with E-state index in [1.54, 1.807) is 41.4 Å². The number of aromatic nitrogens is 3. The predicted octanol–water partition coefficient (Wildman–Crippen LogP) is 1.24. The Hall–Kier alpha value is -2.89. The van der Waals surface area contributed by atoms with Crippen LogP contribution in [0.5, 0.6) is 0 Å². The van der Waals surface area contributed by atoms with Gasteiger partial charge in [0.2, 0.25) is 0 Å².